The van der Waals surface area contributed by atoms with E-state index in [1.54, 1.807) is 0 Å². The molecule has 0 atom stereocenters. The predicted molar refractivity (Wildman–Crippen MR) is 209 cm³/mol. The molecule has 0 bridgehead atoms. The van der Waals surface area contributed by atoms with E-state index < -0.39 is 0 Å². The standard InChI is InChI=1S/C46H28N4/c1-3-15-29(16-4-1)43-46(48-45-36-24-10-8-20-32(36)31-19-7-9-23-35(31)44(45)47-43)50-40-26-14-12-22-34(40)38-27-41-37(28-42(38)50)33-21-11-13-25-39(33)49(41)30-17-5-2-6-18-30/h1-28H. The molecule has 11 aromatic rings. The molecule has 0 aliphatic carbocycles. The zero-order valence-corrected chi connectivity index (χ0v) is 27.0. The molecule has 0 radical (unpaired) electrons. The van der Waals surface area contributed by atoms with Gasteiger partial charge in [0.2, 0.25) is 0 Å². The average molecular weight is 637 g/mol. The maximum Gasteiger partial charge on any atom is 0.165 e. The summed E-state index contributed by atoms with van der Waals surface area (Å²) in [7, 11) is 0. The Balaban J connectivity index is 1.33. The molecule has 0 N–H and O–H groups in total. The second-order valence-electron chi connectivity index (χ2n) is 13.0. The van der Waals surface area contributed by atoms with Gasteiger partial charge in [-0.3, -0.25) is 4.57 Å². The normalized spacial score (nSPS) is 12.0. The maximum atomic E-state index is 5.66. The molecule has 4 heteroatoms. The number of nitrogens with zero attached hydrogens (tertiary/aromatic N) is 4. The van der Waals surface area contributed by atoms with Gasteiger partial charge in [0.05, 0.1) is 33.1 Å². The van der Waals surface area contributed by atoms with E-state index >= 15 is 0 Å². The minimum atomic E-state index is 0.821. The Kier molecular flexibility index (Phi) is 5.63. The van der Waals surface area contributed by atoms with Crippen LogP contribution in [0, 0.1) is 0 Å². The number of rotatable bonds is 3. The van der Waals surface area contributed by atoms with Gasteiger partial charge in [0.15, 0.2) is 5.82 Å². The lowest BCUT2D eigenvalue weighted by molar-refractivity contribution is 1.08. The fourth-order valence-corrected chi connectivity index (χ4v) is 8.11. The van der Waals surface area contributed by atoms with E-state index in [0.29, 0.717) is 0 Å². The lowest BCUT2D eigenvalue weighted by Gasteiger charge is -2.16. The zero-order chi connectivity index (χ0) is 32.8. The number of aromatic nitrogens is 4. The Hall–Kier alpha value is -6.78. The molecule has 3 aromatic heterocycles. The van der Waals surface area contributed by atoms with Crippen LogP contribution in [-0.2, 0) is 0 Å². The third-order valence-corrected chi connectivity index (χ3v) is 10.3. The fraction of sp³-hybridized carbons (Fsp3) is 0. The number of fused-ring (bicyclic) bond motifs is 12. The summed E-state index contributed by atoms with van der Waals surface area (Å²) >= 11 is 0. The van der Waals surface area contributed by atoms with Crippen molar-refractivity contribution in [2.45, 2.75) is 0 Å². The molecule has 3 heterocycles. The van der Waals surface area contributed by atoms with Gasteiger partial charge >= 0.3 is 0 Å². The van der Waals surface area contributed by atoms with Crippen molar-refractivity contribution in [3.05, 3.63) is 170 Å². The molecule has 0 saturated heterocycles. The molecule has 0 aliphatic heterocycles. The SMILES string of the molecule is c1ccc(-c2nc3c4ccccc4c4ccccc4c3nc2-n2c3ccccc3c3cc4c(cc32)c2ccccc2n4-c2ccccc2)cc1. The summed E-state index contributed by atoms with van der Waals surface area (Å²) in [5, 5.41) is 9.35. The van der Waals surface area contributed by atoms with Crippen LogP contribution in [0.2, 0.25) is 0 Å². The van der Waals surface area contributed by atoms with Crippen LogP contribution < -0.4 is 0 Å². The smallest absolute Gasteiger partial charge is 0.165 e. The Labute approximate surface area is 287 Å². The Morgan fingerprint density at radius 2 is 0.760 bits per heavy atom. The highest BCUT2D eigenvalue weighted by Gasteiger charge is 2.23. The summed E-state index contributed by atoms with van der Waals surface area (Å²) in [6.07, 6.45) is 0. The van der Waals surface area contributed by atoms with Gasteiger partial charge in [-0.1, -0.05) is 133 Å². The molecular weight excluding hydrogens is 609 g/mol. The summed E-state index contributed by atoms with van der Waals surface area (Å²) in [6.45, 7) is 0. The molecule has 50 heavy (non-hydrogen) atoms. The van der Waals surface area contributed by atoms with Crippen molar-refractivity contribution < 1.29 is 0 Å². The van der Waals surface area contributed by atoms with Crippen LogP contribution >= 0.6 is 0 Å². The van der Waals surface area contributed by atoms with E-state index in [-0.39, 0.29) is 0 Å². The Morgan fingerprint density at radius 1 is 0.320 bits per heavy atom. The molecule has 0 spiro atoms. The van der Waals surface area contributed by atoms with E-state index in [2.05, 4.69) is 179 Å². The maximum absolute atomic E-state index is 5.66. The highest BCUT2D eigenvalue weighted by molar-refractivity contribution is 6.24. The quantitative estimate of drug-likeness (QED) is 0.181. The lowest BCUT2D eigenvalue weighted by Crippen LogP contribution is -2.04. The second-order valence-corrected chi connectivity index (χ2v) is 13.0. The summed E-state index contributed by atoms with van der Waals surface area (Å²) in [5.41, 5.74) is 9.41. The Morgan fingerprint density at radius 3 is 1.36 bits per heavy atom. The fourth-order valence-electron chi connectivity index (χ4n) is 8.11. The molecule has 11 rings (SSSR count). The van der Waals surface area contributed by atoms with Gasteiger partial charge in [-0.2, -0.15) is 0 Å². The first-order chi connectivity index (χ1) is 24.8. The van der Waals surface area contributed by atoms with Gasteiger partial charge in [0.25, 0.3) is 0 Å². The van der Waals surface area contributed by atoms with Crippen LogP contribution in [0.5, 0.6) is 0 Å². The molecule has 0 aliphatic rings. The third kappa shape index (κ3) is 3.76. The highest BCUT2D eigenvalue weighted by Crippen LogP contribution is 2.42. The van der Waals surface area contributed by atoms with E-state index in [0.717, 1.165) is 55.6 Å². The second kappa shape index (κ2) is 10.4. The van der Waals surface area contributed by atoms with E-state index in [4.69, 9.17) is 9.97 Å². The van der Waals surface area contributed by atoms with Crippen molar-refractivity contribution in [3.8, 4) is 22.8 Å². The van der Waals surface area contributed by atoms with Crippen LogP contribution in [0.4, 0.5) is 0 Å². The Bertz CT molecular complexity index is 3140. The van der Waals surface area contributed by atoms with Gasteiger partial charge in [-0.05, 0) is 47.2 Å². The molecule has 0 amide bonds. The monoisotopic (exact) mass is 636 g/mol. The van der Waals surface area contributed by atoms with Crippen molar-refractivity contribution in [1.82, 2.24) is 19.1 Å². The van der Waals surface area contributed by atoms with Gasteiger partial charge in [-0.15, -0.1) is 0 Å². The summed E-state index contributed by atoms with van der Waals surface area (Å²) in [5.74, 6) is 0.821. The summed E-state index contributed by atoms with van der Waals surface area (Å²) in [6, 6.07) is 60.5. The predicted octanol–water partition coefficient (Wildman–Crippen LogP) is 11.8. The number of hydrogen-bond acceptors (Lipinski definition) is 2. The van der Waals surface area contributed by atoms with E-state index in [1.807, 2.05) is 0 Å². The van der Waals surface area contributed by atoms with E-state index in [9.17, 15) is 0 Å². The number of benzene rings is 8. The first kappa shape index (κ1) is 27.2. The molecule has 0 fully saturated rings. The van der Waals surface area contributed by atoms with Crippen LogP contribution in [0.15, 0.2) is 170 Å². The molecule has 232 valence electrons. The van der Waals surface area contributed by atoms with Crippen molar-refractivity contribution in [3.63, 3.8) is 0 Å². The molecule has 0 unspecified atom stereocenters. The number of hydrogen-bond donors (Lipinski definition) is 0. The molecule has 0 saturated carbocycles. The first-order valence-corrected chi connectivity index (χ1v) is 17.0. The molecule has 4 nitrogen and oxygen atoms in total. The van der Waals surface area contributed by atoms with Crippen LogP contribution in [0.3, 0.4) is 0 Å². The minimum Gasteiger partial charge on any atom is -0.309 e. The van der Waals surface area contributed by atoms with Gasteiger partial charge in [0.1, 0.15) is 5.69 Å². The lowest BCUT2D eigenvalue weighted by atomic mass is 9.99. The van der Waals surface area contributed by atoms with Gasteiger partial charge in [-0.25, -0.2) is 9.97 Å². The minimum absolute atomic E-state index is 0.821. The highest BCUT2D eigenvalue weighted by atomic mass is 15.1. The third-order valence-electron chi connectivity index (χ3n) is 10.3. The van der Waals surface area contributed by atoms with Crippen molar-refractivity contribution >= 4 is 76.2 Å². The largest absolute Gasteiger partial charge is 0.309 e. The van der Waals surface area contributed by atoms with Gasteiger partial charge < -0.3 is 4.57 Å². The number of para-hydroxylation sites is 3. The topological polar surface area (TPSA) is 35.6 Å². The average Bonchev–Trinajstić information content (AvgIpc) is 3.69. The zero-order valence-electron chi connectivity index (χ0n) is 27.0. The van der Waals surface area contributed by atoms with Crippen LogP contribution in [0.25, 0.3) is 99.0 Å². The first-order valence-electron chi connectivity index (χ1n) is 17.0. The van der Waals surface area contributed by atoms with Gasteiger partial charge in [0, 0.05) is 43.6 Å². The van der Waals surface area contributed by atoms with Crippen LogP contribution in [-0.4, -0.2) is 19.1 Å². The van der Waals surface area contributed by atoms with Crippen molar-refractivity contribution in [2.24, 2.45) is 0 Å². The summed E-state index contributed by atoms with van der Waals surface area (Å²) < 4.78 is 4.73. The van der Waals surface area contributed by atoms with Crippen LogP contribution in [0.1, 0.15) is 0 Å². The summed E-state index contributed by atoms with van der Waals surface area (Å²) in [4.78, 5) is 11.2. The molecule has 8 aromatic carbocycles. The van der Waals surface area contributed by atoms with Crippen molar-refractivity contribution in [1.29, 1.82) is 0 Å². The van der Waals surface area contributed by atoms with Crippen molar-refractivity contribution in [2.75, 3.05) is 0 Å². The van der Waals surface area contributed by atoms with E-state index in [1.165, 1.54) is 43.4 Å². The molecular formula is C46H28N4.